The van der Waals surface area contributed by atoms with E-state index in [2.05, 4.69) is 36.7 Å². The molecule has 1 saturated carbocycles. The highest BCUT2D eigenvalue weighted by Crippen LogP contribution is 2.44. The highest BCUT2D eigenvalue weighted by atomic mass is 32.1. The summed E-state index contributed by atoms with van der Waals surface area (Å²) < 4.78 is 11.0. The van der Waals surface area contributed by atoms with Gasteiger partial charge in [-0.15, -0.1) is 11.3 Å². The summed E-state index contributed by atoms with van der Waals surface area (Å²) in [5.74, 6) is 2.01. The maximum atomic E-state index is 13.7. The van der Waals surface area contributed by atoms with Crippen molar-refractivity contribution in [2.45, 2.75) is 84.4 Å². The van der Waals surface area contributed by atoms with Crippen LogP contribution in [-0.4, -0.2) is 66.7 Å². The van der Waals surface area contributed by atoms with E-state index in [4.69, 9.17) is 9.47 Å². The minimum atomic E-state index is 0.166. The Morgan fingerprint density at radius 1 is 1.14 bits per heavy atom. The summed E-state index contributed by atoms with van der Waals surface area (Å²) in [5.41, 5.74) is 5.25. The number of hydrogen-bond donors (Lipinski definition) is 0. The van der Waals surface area contributed by atoms with Crippen molar-refractivity contribution < 1.29 is 14.3 Å². The third kappa shape index (κ3) is 4.70. The van der Waals surface area contributed by atoms with E-state index in [1.807, 2.05) is 30.3 Å². The molecule has 196 valence electrons. The van der Waals surface area contributed by atoms with Gasteiger partial charge in [0.2, 0.25) is 5.88 Å². The van der Waals surface area contributed by atoms with Gasteiger partial charge in [-0.2, -0.15) is 0 Å². The first-order chi connectivity index (χ1) is 17.3. The molecule has 0 aromatic carbocycles. The van der Waals surface area contributed by atoms with Crippen molar-refractivity contribution >= 4 is 17.2 Å². The molecule has 3 aliphatic rings. The van der Waals surface area contributed by atoms with Gasteiger partial charge in [0, 0.05) is 60.2 Å². The van der Waals surface area contributed by atoms with Crippen molar-refractivity contribution in [3.63, 3.8) is 0 Å². The van der Waals surface area contributed by atoms with E-state index in [0.717, 1.165) is 54.5 Å². The molecule has 0 spiro atoms. The number of nitrogens with zero attached hydrogens (tertiary/aromatic N) is 3. The second-order valence-electron chi connectivity index (χ2n) is 11.1. The van der Waals surface area contributed by atoms with E-state index in [1.54, 1.807) is 7.11 Å². The molecular formula is C29H41N3O3S. The number of fused-ring (bicyclic) bond motifs is 1. The minimum absolute atomic E-state index is 0.166. The highest BCUT2D eigenvalue weighted by Gasteiger charge is 2.37. The quantitative estimate of drug-likeness (QED) is 0.507. The highest BCUT2D eigenvalue weighted by molar-refractivity contribution is 7.12. The number of carbonyl (C=O) groups is 1. The Hall–Kier alpha value is -1.96. The first kappa shape index (κ1) is 25.7. The van der Waals surface area contributed by atoms with Gasteiger partial charge < -0.3 is 14.4 Å². The van der Waals surface area contributed by atoms with E-state index in [9.17, 15) is 4.79 Å². The molecule has 1 amide bonds. The summed E-state index contributed by atoms with van der Waals surface area (Å²) in [6.07, 6.45) is 6.50. The van der Waals surface area contributed by atoms with Crippen molar-refractivity contribution in [1.29, 1.82) is 0 Å². The van der Waals surface area contributed by atoms with Crippen LogP contribution in [0.1, 0.15) is 81.0 Å². The molecule has 2 aromatic heterocycles. The van der Waals surface area contributed by atoms with Crippen molar-refractivity contribution in [2.75, 3.05) is 33.9 Å². The van der Waals surface area contributed by atoms with Crippen LogP contribution in [0, 0.1) is 26.7 Å². The number of likely N-dealkylation sites (tertiary alicyclic amines) is 1. The molecular weight excluding hydrogens is 470 g/mol. The average molecular weight is 512 g/mol. The van der Waals surface area contributed by atoms with E-state index < -0.39 is 0 Å². The first-order valence-corrected chi connectivity index (χ1v) is 14.3. The number of carbonyl (C=O) groups excluding carboxylic acids is 1. The number of methoxy groups -OCH3 is 2. The zero-order valence-corrected chi connectivity index (χ0v) is 23.5. The van der Waals surface area contributed by atoms with E-state index in [-0.39, 0.29) is 5.91 Å². The van der Waals surface area contributed by atoms with Crippen molar-refractivity contribution in [2.24, 2.45) is 5.92 Å². The lowest BCUT2D eigenvalue weighted by Gasteiger charge is -2.46. The summed E-state index contributed by atoms with van der Waals surface area (Å²) in [4.78, 5) is 25.6. The molecule has 4 heterocycles. The number of amides is 1. The van der Waals surface area contributed by atoms with Gasteiger partial charge in [-0.25, -0.2) is 4.98 Å². The molecule has 7 heteroatoms. The standard InChI is InChI=1S/C29H41N3O3S/c1-17-13-18(2)30-28(35-6)24(17)16-31-12-11-25-26(29(31)33)20(4)27(36-25)19(3)21-7-9-22(10-8-21)32-14-23(15-32)34-5/h13,19,21-23H,7-12,14-16H2,1-6H3. The first-order valence-electron chi connectivity index (χ1n) is 13.5. The molecule has 1 saturated heterocycles. The lowest BCUT2D eigenvalue weighted by Crippen LogP contribution is -2.56. The zero-order valence-electron chi connectivity index (χ0n) is 22.7. The second-order valence-corrected chi connectivity index (χ2v) is 12.2. The lowest BCUT2D eigenvalue weighted by molar-refractivity contribution is -0.0600. The van der Waals surface area contributed by atoms with E-state index >= 15 is 0 Å². The molecule has 0 radical (unpaired) electrons. The fourth-order valence-electron chi connectivity index (χ4n) is 6.61. The number of hydrogen-bond acceptors (Lipinski definition) is 6. The van der Waals surface area contributed by atoms with Crippen molar-refractivity contribution in [1.82, 2.24) is 14.8 Å². The van der Waals surface area contributed by atoms with Crippen molar-refractivity contribution in [3.8, 4) is 5.88 Å². The van der Waals surface area contributed by atoms with Crippen LogP contribution in [0.5, 0.6) is 5.88 Å². The molecule has 36 heavy (non-hydrogen) atoms. The van der Waals surface area contributed by atoms with Crippen molar-refractivity contribution in [3.05, 3.63) is 43.8 Å². The maximum absolute atomic E-state index is 13.7. The van der Waals surface area contributed by atoms with Crippen LogP contribution in [0.4, 0.5) is 0 Å². The van der Waals surface area contributed by atoms with Gasteiger partial charge in [-0.1, -0.05) is 6.92 Å². The summed E-state index contributed by atoms with van der Waals surface area (Å²) >= 11 is 1.90. The third-order valence-corrected chi connectivity index (χ3v) is 10.5. The number of aromatic nitrogens is 1. The van der Waals surface area contributed by atoms with Crippen LogP contribution in [0.3, 0.4) is 0 Å². The third-order valence-electron chi connectivity index (χ3n) is 8.93. The van der Waals surface area contributed by atoms with Crippen LogP contribution >= 0.6 is 11.3 Å². The molecule has 1 aliphatic carbocycles. The Bertz CT molecular complexity index is 1120. The van der Waals surface area contributed by atoms with E-state index in [0.29, 0.717) is 30.4 Å². The van der Waals surface area contributed by atoms with Crippen LogP contribution in [0.25, 0.3) is 0 Å². The van der Waals surface area contributed by atoms with Gasteiger partial charge in [0.1, 0.15) is 0 Å². The van der Waals surface area contributed by atoms with Gasteiger partial charge in [0.05, 0.1) is 25.3 Å². The van der Waals surface area contributed by atoms with Gasteiger partial charge >= 0.3 is 0 Å². The van der Waals surface area contributed by atoms with Crippen LogP contribution < -0.4 is 4.74 Å². The summed E-state index contributed by atoms with van der Waals surface area (Å²) in [7, 11) is 3.48. The molecule has 1 unspecified atom stereocenters. The molecule has 0 N–H and O–H groups in total. The molecule has 6 nitrogen and oxygen atoms in total. The monoisotopic (exact) mass is 511 g/mol. The van der Waals surface area contributed by atoms with Crippen LogP contribution in [-0.2, 0) is 17.7 Å². The Labute approximate surface area is 220 Å². The smallest absolute Gasteiger partial charge is 0.255 e. The number of ether oxygens (including phenoxy) is 2. The Morgan fingerprint density at radius 3 is 2.53 bits per heavy atom. The summed E-state index contributed by atoms with van der Waals surface area (Å²) in [6, 6.07) is 2.80. The summed E-state index contributed by atoms with van der Waals surface area (Å²) in [5, 5.41) is 0. The molecule has 0 bridgehead atoms. The Balaban J connectivity index is 1.27. The van der Waals surface area contributed by atoms with Crippen LogP contribution in [0.2, 0.25) is 0 Å². The van der Waals surface area contributed by atoms with Gasteiger partial charge in [0.15, 0.2) is 0 Å². The largest absolute Gasteiger partial charge is 0.481 e. The lowest BCUT2D eigenvalue weighted by atomic mass is 9.76. The number of aryl methyl sites for hydroxylation is 2. The van der Waals surface area contributed by atoms with Crippen LogP contribution in [0.15, 0.2) is 6.07 Å². The second kappa shape index (κ2) is 10.4. The maximum Gasteiger partial charge on any atom is 0.255 e. The topological polar surface area (TPSA) is 54.9 Å². The molecule has 2 fully saturated rings. The number of thiophene rings is 1. The van der Waals surface area contributed by atoms with Gasteiger partial charge in [0.25, 0.3) is 5.91 Å². The molecule has 5 rings (SSSR count). The van der Waals surface area contributed by atoms with Gasteiger partial charge in [-0.05, 0) is 75.5 Å². The van der Waals surface area contributed by atoms with E-state index in [1.165, 1.54) is 41.0 Å². The molecule has 2 aromatic rings. The number of rotatable bonds is 7. The predicted octanol–water partition coefficient (Wildman–Crippen LogP) is 5.27. The fraction of sp³-hybridized carbons (Fsp3) is 0.655. The average Bonchev–Trinajstić information content (AvgIpc) is 3.18. The summed E-state index contributed by atoms with van der Waals surface area (Å²) in [6.45, 7) is 12.1. The van der Waals surface area contributed by atoms with Gasteiger partial charge in [-0.3, -0.25) is 9.69 Å². The normalized spacial score (nSPS) is 23.9. The molecule has 2 aliphatic heterocycles. The Morgan fingerprint density at radius 2 is 1.86 bits per heavy atom. The predicted molar refractivity (Wildman–Crippen MR) is 144 cm³/mol. The molecule has 1 atom stereocenters. The fourth-order valence-corrected chi connectivity index (χ4v) is 8.04. The minimum Gasteiger partial charge on any atom is -0.481 e. The Kier molecular flexibility index (Phi) is 7.44. The SMILES string of the molecule is COc1nc(C)cc(C)c1CN1CCc2sc(C(C)C3CCC(N4CC(OC)C4)CC3)c(C)c2C1=O. The zero-order chi connectivity index (χ0) is 25.6. The number of pyridine rings is 1.